The maximum atomic E-state index is 11.4. The lowest BCUT2D eigenvalue weighted by molar-refractivity contribution is -0.757. The fourth-order valence-corrected chi connectivity index (χ4v) is 1.70. The molecule has 0 radical (unpaired) electrons. The van der Waals surface area contributed by atoms with Crippen LogP contribution in [0.15, 0.2) is 12.5 Å². The molecule has 0 aliphatic rings. The van der Waals surface area contributed by atoms with Gasteiger partial charge >= 0.3 is 5.97 Å². The van der Waals surface area contributed by atoms with Crippen LogP contribution in [0, 0.1) is 17.0 Å². The van der Waals surface area contributed by atoms with Gasteiger partial charge < -0.3 is 25.6 Å². The molecule has 1 aromatic rings. The molecule has 0 aromatic carbocycles. The van der Waals surface area contributed by atoms with Crippen molar-refractivity contribution in [3.8, 4) is 0 Å². The van der Waals surface area contributed by atoms with E-state index in [1.807, 2.05) is 6.92 Å². The molecule has 2 amide bonds. The van der Waals surface area contributed by atoms with Gasteiger partial charge in [-0.2, -0.15) is 0 Å². The predicted octanol–water partition coefficient (Wildman–Crippen LogP) is 0.180. The summed E-state index contributed by atoms with van der Waals surface area (Å²) in [6.45, 7) is 1.67. The van der Waals surface area contributed by atoms with Crippen LogP contribution < -0.4 is 10.6 Å². The second-order valence-electron chi connectivity index (χ2n) is 5.37. The summed E-state index contributed by atoms with van der Waals surface area (Å²) in [7, 11) is 0. The third kappa shape index (κ3) is 17.4. The number of hydrogen-bond donors (Lipinski definition) is 4. The number of aromatic nitrogens is 2. The molecule has 0 aliphatic heterocycles. The van der Waals surface area contributed by atoms with Crippen molar-refractivity contribution in [3.63, 3.8) is 0 Å². The van der Waals surface area contributed by atoms with Gasteiger partial charge in [0.15, 0.2) is 0 Å². The molecule has 27 heavy (non-hydrogen) atoms. The quantitative estimate of drug-likeness (QED) is 0.223. The van der Waals surface area contributed by atoms with Crippen LogP contribution in [-0.2, 0) is 19.2 Å². The third-order valence-corrected chi connectivity index (χ3v) is 2.99. The summed E-state index contributed by atoms with van der Waals surface area (Å²) in [5.41, 5.74) is 1.11. The van der Waals surface area contributed by atoms with Gasteiger partial charge in [-0.25, -0.2) is 4.98 Å². The van der Waals surface area contributed by atoms with Crippen molar-refractivity contribution in [2.24, 2.45) is 0 Å². The number of carbonyl (C=O) groups is 3. The number of amides is 2. The van der Waals surface area contributed by atoms with E-state index in [4.69, 9.17) is 5.11 Å². The standard InChI is InChI=1S/C11H19N3O7.C4H6N2/c15-9(4-2-1-3-7-21-14(19)20)12-6-5-10(16)13-8-11(17)18;1-4-2-5-3-6-4/h1-8H2,(H,12,15)(H,13,16)(H,17,18);2-3H,1H3,(H,5,6). The van der Waals surface area contributed by atoms with Crippen molar-refractivity contribution in [3.05, 3.63) is 28.3 Å². The monoisotopic (exact) mass is 387 g/mol. The summed E-state index contributed by atoms with van der Waals surface area (Å²) in [5, 5.41) is 22.0. The lowest BCUT2D eigenvalue weighted by atomic mass is 10.2. The summed E-state index contributed by atoms with van der Waals surface area (Å²) in [4.78, 5) is 53.3. The second kappa shape index (κ2) is 15.1. The van der Waals surface area contributed by atoms with Crippen molar-refractivity contribution in [2.75, 3.05) is 19.7 Å². The first-order chi connectivity index (χ1) is 12.8. The Morgan fingerprint density at radius 1 is 1.22 bits per heavy atom. The van der Waals surface area contributed by atoms with Crippen LogP contribution in [0.25, 0.3) is 0 Å². The number of hydrogen-bond acceptors (Lipinski definition) is 7. The zero-order chi connectivity index (χ0) is 20.5. The summed E-state index contributed by atoms with van der Waals surface area (Å²) in [6.07, 6.45) is 5.39. The summed E-state index contributed by atoms with van der Waals surface area (Å²) in [5.74, 6) is -1.81. The van der Waals surface area contributed by atoms with E-state index in [0.717, 1.165) is 5.69 Å². The first kappa shape index (κ1) is 23.8. The Labute approximate surface area is 155 Å². The van der Waals surface area contributed by atoms with Crippen LogP contribution in [0.1, 0.15) is 37.8 Å². The maximum Gasteiger partial charge on any atom is 0.322 e. The molecule has 1 rings (SSSR count). The maximum absolute atomic E-state index is 11.4. The van der Waals surface area contributed by atoms with Gasteiger partial charge in [-0.1, -0.05) is 6.42 Å². The largest absolute Gasteiger partial charge is 0.480 e. The molecule has 0 fully saturated rings. The average molecular weight is 387 g/mol. The third-order valence-electron chi connectivity index (χ3n) is 2.99. The van der Waals surface area contributed by atoms with Crippen LogP contribution in [-0.4, -0.2) is 57.6 Å². The van der Waals surface area contributed by atoms with Crippen molar-refractivity contribution in [1.29, 1.82) is 0 Å². The van der Waals surface area contributed by atoms with Gasteiger partial charge in [0, 0.05) is 31.3 Å². The molecule has 0 unspecified atom stereocenters. The average Bonchev–Trinajstić information content (AvgIpc) is 3.07. The molecule has 12 nitrogen and oxygen atoms in total. The molecule has 1 aromatic heterocycles. The molecule has 12 heteroatoms. The van der Waals surface area contributed by atoms with E-state index in [1.54, 1.807) is 12.5 Å². The van der Waals surface area contributed by atoms with Gasteiger partial charge in [0.05, 0.1) is 12.9 Å². The molecule has 1 heterocycles. The summed E-state index contributed by atoms with van der Waals surface area (Å²) in [6, 6.07) is 0. The fourth-order valence-electron chi connectivity index (χ4n) is 1.70. The van der Waals surface area contributed by atoms with E-state index in [2.05, 4.69) is 25.4 Å². The molecule has 0 bridgehead atoms. The van der Waals surface area contributed by atoms with Crippen LogP contribution in [0.4, 0.5) is 0 Å². The van der Waals surface area contributed by atoms with Crippen LogP contribution in [0.5, 0.6) is 0 Å². The topological polar surface area (TPSA) is 177 Å². The minimum atomic E-state index is -1.13. The van der Waals surface area contributed by atoms with Gasteiger partial charge in [0.2, 0.25) is 11.8 Å². The number of nitrogens with zero attached hydrogens (tertiary/aromatic N) is 2. The van der Waals surface area contributed by atoms with Crippen LogP contribution in [0.2, 0.25) is 0 Å². The Morgan fingerprint density at radius 3 is 2.44 bits per heavy atom. The molecule has 0 saturated heterocycles. The molecule has 4 N–H and O–H groups in total. The Balaban J connectivity index is 0.000000941. The first-order valence-corrected chi connectivity index (χ1v) is 8.28. The number of H-pyrrole nitrogens is 1. The Hall–Kier alpha value is -3.18. The lowest BCUT2D eigenvalue weighted by Crippen LogP contribution is -2.33. The number of aliphatic carboxylic acids is 1. The van der Waals surface area contributed by atoms with Gasteiger partial charge in [-0.15, -0.1) is 10.1 Å². The van der Waals surface area contributed by atoms with Crippen molar-refractivity contribution >= 4 is 17.8 Å². The number of carboxylic acids is 1. The molecular formula is C15H25N5O7. The number of aromatic amines is 1. The first-order valence-electron chi connectivity index (χ1n) is 8.28. The molecule has 152 valence electrons. The van der Waals surface area contributed by atoms with Crippen molar-refractivity contribution in [1.82, 2.24) is 20.6 Å². The van der Waals surface area contributed by atoms with Gasteiger partial charge in [-0.3, -0.25) is 14.4 Å². The van der Waals surface area contributed by atoms with E-state index in [-0.39, 0.29) is 31.9 Å². The second-order valence-corrected chi connectivity index (χ2v) is 5.37. The Bertz CT molecular complexity index is 577. The van der Waals surface area contributed by atoms with Crippen molar-refractivity contribution < 1.29 is 29.4 Å². The van der Waals surface area contributed by atoms with Gasteiger partial charge in [0.25, 0.3) is 5.09 Å². The highest BCUT2D eigenvalue weighted by molar-refractivity contribution is 5.82. The molecule has 0 spiro atoms. The minimum Gasteiger partial charge on any atom is -0.480 e. The van der Waals surface area contributed by atoms with Gasteiger partial charge in [0.1, 0.15) is 6.54 Å². The number of nitrogens with one attached hydrogen (secondary N) is 3. The number of aryl methyl sites for hydroxylation is 1. The number of imidazole rings is 1. The SMILES string of the molecule is Cc1cnc[nH]1.O=C(O)CNC(=O)CCNC(=O)CCCCCO[N+](=O)[O-]. The number of unbranched alkanes of at least 4 members (excludes halogenated alkanes) is 2. The van der Waals surface area contributed by atoms with E-state index >= 15 is 0 Å². The predicted molar refractivity (Wildman–Crippen MR) is 93.0 cm³/mol. The number of carbonyl (C=O) groups excluding carboxylic acids is 2. The van der Waals surface area contributed by atoms with E-state index in [9.17, 15) is 24.5 Å². The molecular weight excluding hydrogens is 362 g/mol. The lowest BCUT2D eigenvalue weighted by Gasteiger charge is -2.05. The highest BCUT2D eigenvalue weighted by Gasteiger charge is 2.05. The Kier molecular flexibility index (Phi) is 13.3. The van der Waals surface area contributed by atoms with Gasteiger partial charge in [-0.05, 0) is 19.8 Å². The van der Waals surface area contributed by atoms with Crippen LogP contribution in [0.3, 0.4) is 0 Å². The number of carboxylic acid groups (broad SMARTS) is 1. The molecule has 0 aliphatic carbocycles. The number of rotatable bonds is 12. The zero-order valence-electron chi connectivity index (χ0n) is 15.1. The molecule has 0 saturated carbocycles. The van der Waals surface area contributed by atoms with E-state index in [1.165, 1.54) is 0 Å². The van der Waals surface area contributed by atoms with E-state index < -0.39 is 23.5 Å². The molecule has 0 atom stereocenters. The summed E-state index contributed by atoms with van der Waals surface area (Å²) < 4.78 is 0. The Morgan fingerprint density at radius 2 is 1.93 bits per heavy atom. The minimum absolute atomic E-state index is 0.00962. The zero-order valence-corrected chi connectivity index (χ0v) is 15.1. The highest BCUT2D eigenvalue weighted by atomic mass is 16.9. The normalized spacial score (nSPS) is 9.52. The highest BCUT2D eigenvalue weighted by Crippen LogP contribution is 2.00. The smallest absolute Gasteiger partial charge is 0.322 e. The van der Waals surface area contributed by atoms with Crippen molar-refractivity contribution in [2.45, 2.75) is 39.0 Å². The van der Waals surface area contributed by atoms with E-state index in [0.29, 0.717) is 19.3 Å². The van der Waals surface area contributed by atoms with Crippen LogP contribution >= 0.6 is 0 Å². The summed E-state index contributed by atoms with van der Waals surface area (Å²) >= 11 is 0. The fraction of sp³-hybridized carbons (Fsp3) is 0.600.